The standard InChI is InChI=1S/C11H10N4O2S/c1-6-13-14-9(11(17)15(6)18)7-4-2-3-5-8(7)10(12)16/h2-5,18H,1H3,(H2,12,16). The van der Waals surface area contributed by atoms with Gasteiger partial charge in [0, 0.05) is 11.1 Å². The molecule has 18 heavy (non-hydrogen) atoms. The third kappa shape index (κ3) is 2.00. The van der Waals surface area contributed by atoms with Crippen LogP contribution >= 0.6 is 12.8 Å². The molecule has 0 atom stereocenters. The van der Waals surface area contributed by atoms with Gasteiger partial charge in [0.05, 0.1) is 0 Å². The molecule has 0 bridgehead atoms. The van der Waals surface area contributed by atoms with Crippen LogP contribution in [0.1, 0.15) is 16.2 Å². The number of rotatable bonds is 2. The number of nitrogens with zero attached hydrogens (tertiary/aromatic N) is 3. The predicted octanol–water partition coefficient (Wildman–Crippen LogP) is 0.406. The molecule has 1 aromatic carbocycles. The van der Waals surface area contributed by atoms with E-state index in [0.29, 0.717) is 11.4 Å². The van der Waals surface area contributed by atoms with Gasteiger partial charge in [-0.15, -0.1) is 10.2 Å². The Morgan fingerprint density at radius 2 is 2.00 bits per heavy atom. The van der Waals surface area contributed by atoms with Gasteiger partial charge in [-0.2, -0.15) is 0 Å². The van der Waals surface area contributed by atoms with Crippen molar-refractivity contribution in [3.8, 4) is 11.3 Å². The molecule has 0 radical (unpaired) electrons. The normalized spacial score (nSPS) is 10.3. The number of benzene rings is 1. The van der Waals surface area contributed by atoms with Crippen LogP contribution in [-0.4, -0.2) is 20.1 Å². The van der Waals surface area contributed by atoms with Crippen molar-refractivity contribution in [3.63, 3.8) is 0 Å². The van der Waals surface area contributed by atoms with E-state index in [1.807, 2.05) is 0 Å². The van der Waals surface area contributed by atoms with Crippen molar-refractivity contribution in [2.45, 2.75) is 6.92 Å². The second-order valence-electron chi connectivity index (χ2n) is 3.62. The molecular formula is C11H10N4O2S. The first-order chi connectivity index (χ1) is 8.52. The lowest BCUT2D eigenvalue weighted by molar-refractivity contribution is 0.100. The molecule has 0 aliphatic heterocycles. The molecule has 2 N–H and O–H groups in total. The molecule has 6 nitrogen and oxygen atoms in total. The van der Waals surface area contributed by atoms with Crippen molar-refractivity contribution >= 4 is 18.7 Å². The van der Waals surface area contributed by atoms with Crippen LogP contribution in [0, 0.1) is 6.92 Å². The summed E-state index contributed by atoms with van der Waals surface area (Å²) in [5.74, 6) is -0.262. The maximum atomic E-state index is 12.0. The largest absolute Gasteiger partial charge is 0.366 e. The van der Waals surface area contributed by atoms with Gasteiger partial charge in [0.25, 0.3) is 5.56 Å². The average molecular weight is 262 g/mol. The summed E-state index contributed by atoms with van der Waals surface area (Å²) < 4.78 is 1.07. The van der Waals surface area contributed by atoms with E-state index in [1.54, 1.807) is 25.1 Å². The second-order valence-corrected chi connectivity index (χ2v) is 4.02. The molecule has 92 valence electrons. The van der Waals surface area contributed by atoms with Crippen LogP contribution in [-0.2, 0) is 0 Å². The SMILES string of the molecule is Cc1nnc(-c2ccccc2C(N)=O)c(=O)n1S. The van der Waals surface area contributed by atoms with E-state index in [-0.39, 0.29) is 11.3 Å². The van der Waals surface area contributed by atoms with Gasteiger partial charge < -0.3 is 5.73 Å². The van der Waals surface area contributed by atoms with E-state index in [1.165, 1.54) is 6.07 Å². The van der Waals surface area contributed by atoms with E-state index in [9.17, 15) is 9.59 Å². The highest BCUT2D eigenvalue weighted by molar-refractivity contribution is 7.78. The fourth-order valence-electron chi connectivity index (χ4n) is 1.53. The number of amides is 1. The molecule has 0 saturated carbocycles. The minimum Gasteiger partial charge on any atom is -0.366 e. The fraction of sp³-hybridized carbons (Fsp3) is 0.0909. The first-order valence-corrected chi connectivity index (χ1v) is 5.47. The van der Waals surface area contributed by atoms with Gasteiger partial charge in [0.15, 0.2) is 5.69 Å². The molecule has 2 aromatic rings. The summed E-state index contributed by atoms with van der Waals surface area (Å²) in [5.41, 5.74) is 5.43. The summed E-state index contributed by atoms with van der Waals surface area (Å²) in [4.78, 5) is 23.3. The van der Waals surface area contributed by atoms with E-state index in [4.69, 9.17) is 5.73 Å². The van der Waals surface area contributed by atoms with Gasteiger partial charge in [-0.25, -0.2) is 3.97 Å². The van der Waals surface area contributed by atoms with Crippen LogP contribution in [0.3, 0.4) is 0 Å². The van der Waals surface area contributed by atoms with Gasteiger partial charge in [0.2, 0.25) is 5.91 Å². The third-order valence-electron chi connectivity index (χ3n) is 2.44. The Kier molecular flexibility index (Phi) is 3.15. The number of aryl methyl sites for hydroxylation is 1. The summed E-state index contributed by atoms with van der Waals surface area (Å²) in [5, 5.41) is 7.61. The monoisotopic (exact) mass is 262 g/mol. The van der Waals surface area contributed by atoms with Gasteiger partial charge in [-0.3, -0.25) is 9.59 Å². The number of carbonyl (C=O) groups is 1. The van der Waals surface area contributed by atoms with Crippen molar-refractivity contribution in [2.75, 3.05) is 0 Å². The van der Waals surface area contributed by atoms with Crippen molar-refractivity contribution < 1.29 is 4.79 Å². The Bertz CT molecular complexity index is 681. The summed E-state index contributed by atoms with van der Waals surface area (Å²) in [6.45, 7) is 1.60. The van der Waals surface area contributed by atoms with Crippen LogP contribution in [0.5, 0.6) is 0 Å². The number of nitrogens with two attached hydrogens (primary N) is 1. The fourth-order valence-corrected chi connectivity index (χ4v) is 1.66. The molecule has 7 heteroatoms. The van der Waals surface area contributed by atoms with Crippen LogP contribution in [0.15, 0.2) is 29.1 Å². The number of carbonyl (C=O) groups excluding carboxylic acids is 1. The summed E-state index contributed by atoms with van der Waals surface area (Å²) in [6, 6.07) is 6.46. The maximum Gasteiger partial charge on any atom is 0.290 e. The average Bonchev–Trinajstić information content (AvgIpc) is 2.36. The number of hydrogen-bond donors (Lipinski definition) is 2. The van der Waals surface area contributed by atoms with Crippen molar-refractivity contribution in [1.29, 1.82) is 0 Å². The lowest BCUT2D eigenvalue weighted by atomic mass is 10.0. The Labute approximate surface area is 108 Å². The van der Waals surface area contributed by atoms with Crippen molar-refractivity contribution in [3.05, 3.63) is 46.0 Å². The predicted molar refractivity (Wildman–Crippen MR) is 69.4 cm³/mol. The molecule has 0 unspecified atom stereocenters. The summed E-state index contributed by atoms with van der Waals surface area (Å²) >= 11 is 4.00. The highest BCUT2D eigenvalue weighted by atomic mass is 32.1. The molecule has 2 rings (SSSR count). The van der Waals surface area contributed by atoms with Crippen molar-refractivity contribution in [1.82, 2.24) is 14.2 Å². The molecule has 1 amide bonds. The molecule has 1 aromatic heterocycles. The number of primary amides is 1. The van der Waals surface area contributed by atoms with E-state index in [2.05, 4.69) is 23.0 Å². The quantitative estimate of drug-likeness (QED) is 0.767. The van der Waals surface area contributed by atoms with Crippen molar-refractivity contribution in [2.24, 2.45) is 5.73 Å². The third-order valence-corrected chi connectivity index (χ3v) is 2.91. The molecule has 0 fully saturated rings. The molecule has 1 heterocycles. The highest BCUT2D eigenvalue weighted by Gasteiger charge is 2.15. The minimum atomic E-state index is -0.627. The molecule has 0 saturated heterocycles. The highest BCUT2D eigenvalue weighted by Crippen LogP contribution is 2.18. The van der Waals surface area contributed by atoms with E-state index in [0.717, 1.165) is 3.97 Å². The van der Waals surface area contributed by atoms with E-state index < -0.39 is 11.5 Å². The maximum absolute atomic E-state index is 12.0. The lowest BCUT2D eigenvalue weighted by Crippen LogP contribution is -2.22. The van der Waals surface area contributed by atoms with Crippen LogP contribution < -0.4 is 11.3 Å². The molecule has 0 aliphatic carbocycles. The van der Waals surface area contributed by atoms with Gasteiger partial charge in [-0.1, -0.05) is 31.0 Å². The van der Waals surface area contributed by atoms with Crippen LogP contribution in [0.25, 0.3) is 11.3 Å². The van der Waals surface area contributed by atoms with E-state index >= 15 is 0 Å². The molecule has 0 aliphatic rings. The van der Waals surface area contributed by atoms with Crippen LogP contribution in [0.2, 0.25) is 0 Å². The zero-order chi connectivity index (χ0) is 13.3. The minimum absolute atomic E-state index is 0.0463. The second kappa shape index (κ2) is 4.61. The van der Waals surface area contributed by atoms with Crippen LogP contribution in [0.4, 0.5) is 0 Å². The topological polar surface area (TPSA) is 90.9 Å². The first kappa shape index (κ1) is 12.3. The number of aromatic nitrogens is 3. The Balaban J connectivity index is 2.75. The zero-order valence-electron chi connectivity index (χ0n) is 9.49. The lowest BCUT2D eigenvalue weighted by Gasteiger charge is -2.06. The number of thiol groups is 1. The Morgan fingerprint density at radius 1 is 1.33 bits per heavy atom. The molecule has 0 spiro atoms. The Hall–Kier alpha value is -2.15. The van der Waals surface area contributed by atoms with Gasteiger partial charge >= 0.3 is 0 Å². The summed E-state index contributed by atoms with van der Waals surface area (Å²) in [7, 11) is 0. The van der Waals surface area contributed by atoms with Gasteiger partial charge in [-0.05, 0) is 13.0 Å². The first-order valence-electron chi connectivity index (χ1n) is 5.07. The zero-order valence-corrected chi connectivity index (χ0v) is 10.4. The number of hydrogen-bond acceptors (Lipinski definition) is 5. The summed E-state index contributed by atoms with van der Waals surface area (Å²) in [6.07, 6.45) is 0. The molecular weight excluding hydrogens is 252 g/mol. The Morgan fingerprint density at radius 3 is 2.67 bits per heavy atom. The smallest absolute Gasteiger partial charge is 0.290 e. The van der Waals surface area contributed by atoms with Gasteiger partial charge in [0.1, 0.15) is 5.82 Å².